The third-order valence-corrected chi connectivity index (χ3v) is 3.96. The Morgan fingerprint density at radius 2 is 1.64 bits per heavy atom. The fraction of sp³-hybridized carbons (Fsp3) is 0.158. The summed E-state index contributed by atoms with van der Waals surface area (Å²) < 4.78 is 0. The van der Waals surface area contributed by atoms with Crippen molar-refractivity contribution in [1.82, 2.24) is 10.3 Å². The molecule has 0 radical (unpaired) electrons. The number of hydrogen-bond acceptors (Lipinski definition) is 4. The van der Waals surface area contributed by atoms with E-state index in [-0.39, 0.29) is 12.8 Å². The molecule has 0 fully saturated rings. The van der Waals surface area contributed by atoms with Crippen molar-refractivity contribution in [3.8, 4) is 6.07 Å². The Balaban J connectivity index is 2.10. The van der Waals surface area contributed by atoms with Crippen LogP contribution in [0.4, 0.5) is 0 Å². The lowest BCUT2D eigenvalue weighted by Gasteiger charge is -2.15. The average Bonchev–Trinajstić information content (AvgIpc) is 2.62. The molecule has 0 bridgehead atoms. The van der Waals surface area contributed by atoms with Gasteiger partial charge in [0.2, 0.25) is 0 Å². The van der Waals surface area contributed by atoms with Crippen LogP contribution in [0.5, 0.6) is 0 Å². The number of rotatable bonds is 5. The molecule has 0 saturated heterocycles. The Hall–Kier alpha value is -3.46. The number of carboxylic acids is 1. The minimum Gasteiger partial charge on any atom is -0.480 e. The Bertz CT molecular complexity index is 954. The first-order valence-electron chi connectivity index (χ1n) is 7.80. The fourth-order valence-corrected chi connectivity index (χ4v) is 2.78. The van der Waals surface area contributed by atoms with Gasteiger partial charge in [0.15, 0.2) is 0 Å². The molecule has 25 heavy (non-hydrogen) atoms. The molecular weight excluding hydrogens is 318 g/mol. The second-order valence-electron chi connectivity index (χ2n) is 5.58. The zero-order chi connectivity index (χ0) is 17.8. The maximum absolute atomic E-state index is 12.9. The molecule has 0 aliphatic rings. The first-order valence-corrected chi connectivity index (χ1v) is 7.80. The molecule has 2 N–H and O–H groups in total. The van der Waals surface area contributed by atoms with E-state index >= 15 is 0 Å². The molecule has 1 heterocycles. The number of nitrogens with zero attached hydrogens (tertiary/aromatic N) is 2. The van der Waals surface area contributed by atoms with E-state index in [9.17, 15) is 14.7 Å². The number of amides is 1. The van der Waals surface area contributed by atoms with Crippen LogP contribution in [0.15, 0.2) is 48.5 Å². The molecule has 2 aromatic carbocycles. The topological polar surface area (TPSA) is 103 Å². The van der Waals surface area contributed by atoms with Gasteiger partial charge in [0, 0.05) is 17.2 Å². The van der Waals surface area contributed by atoms with Crippen LogP contribution in [-0.2, 0) is 4.79 Å². The van der Waals surface area contributed by atoms with Crippen LogP contribution in [0.25, 0.3) is 21.8 Å². The van der Waals surface area contributed by atoms with Crippen LogP contribution in [0.1, 0.15) is 23.2 Å². The Morgan fingerprint density at radius 3 is 2.16 bits per heavy atom. The Kier molecular flexibility index (Phi) is 4.57. The normalized spacial score (nSPS) is 11.8. The average molecular weight is 333 g/mol. The summed E-state index contributed by atoms with van der Waals surface area (Å²) in [5.41, 5.74) is 1.72. The fourth-order valence-electron chi connectivity index (χ4n) is 2.78. The number of carbonyl (C=O) groups is 2. The maximum atomic E-state index is 12.9. The highest BCUT2D eigenvalue weighted by atomic mass is 16.4. The summed E-state index contributed by atoms with van der Waals surface area (Å²) in [4.78, 5) is 28.8. The van der Waals surface area contributed by atoms with Gasteiger partial charge in [-0.25, -0.2) is 9.78 Å². The zero-order valence-corrected chi connectivity index (χ0v) is 13.3. The lowest BCUT2D eigenvalue weighted by Crippen LogP contribution is -2.40. The number of para-hydroxylation sites is 2. The summed E-state index contributed by atoms with van der Waals surface area (Å²) in [7, 11) is 0. The standard InChI is InChI=1S/C19H15N3O3/c20-11-5-10-16(19(24)25)22-18(23)17-12-6-1-3-8-14(12)21-15-9-4-2-7-13(15)17/h1-4,6-9,16H,5,10H2,(H,22,23)(H,24,25)/t16-/m1/s1. The van der Waals surface area contributed by atoms with Gasteiger partial charge in [-0.15, -0.1) is 0 Å². The van der Waals surface area contributed by atoms with Crippen molar-refractivity contribution in [1.29, 1.82) is 5.26 Å². The van der Waals surface area contributed by atoms with Crippen molar-refractivity contribution in [2.45, 2.75) is 18.9 Å². The molecule has 6 nitrogen and oxygen atoms in total. The van der Waals surface area contributed by atoms with Crippen LogP contribution in [-0.4, -0.2) is 28.0 Å². The van der Waals surface area contributed by atoms with E-state index in [2.05, 4.69) is 10.3 Å². The minimum atomic E-state index is -1.16. The van der Waals surface area contributed by atoms with Gasteiger partial charge in [-0.3, -0.25) is 4.79 Å². The molecule has 1 atom stereocenters. The summed E-state index contributed by atoms with van der Waals surface area (Å²) in [6.07, 6.45) is 0.105. The van der Waals surface area contributed by atoms with E-state index in [4.69, 9.17) is 5.26 Å². The molecule has 6 heteroatoms. The summed E-state index contributed by atoms with van der Waals surface area (Å²) in [5.74, 6) is -1.65. The van der Waals surface area contributed by atoms with Gasteiger partial charge >= 0.3 is 5.97 Å². The Morgan fingerprint density at radius 1 is 1.08 bits per heavy atom. The van der Waals surface area contributed by atoms with E-state index in [0.29, 0.717) is 27.4 Å². The molecule has 3 rings (SSSR count). The molecule has 3 aromatic rings. The van der Waals surface area contributed by atoms with Gasteiger partial charge in [-0.2, -0.15) is 5.26 Å². The van der Waals surface area contributed by atoms with E-state index in [0.717, 1.165) is 0 Å². The number of aliphatic carboxylic acids is 1. The number of carboxylic acid groups (broad SMARTS) is 1. The number of benzene rings is 2. The van der Waals surface area contributed by atoms with Crippen LogP contribution in [0, 0.1) is 11.3 Å². The third kappa shape index (κ3) is 3.26. The number of aromatic nitrogens is 1. The second kappa shape index (κ2) is 6.97. The van der Waals surface area contributed by atoms with Gasteiger partial charge in [0.05, 0.1) is 22.7 Å². The van der Waals surface area contributed by atoms with Crippen LogP contribution in [0.3, 0.4) is 0 Å². The van der Waals surface area contributed by atoms with Crippen LogP contribution >= 0.6 is 0 Å². The number of carbonyl (C=O) groups excluding carboxylic acids is 1. The number of nitrogens with one attached hydrogen (secondary N) is 1. The van der Waals surface area contributed by atoms with Gasteiger partial charge in [-0.05, 0) is 18.6 Å². The summed E-state index contributed by atoms with van der Waals surface area (Å²) >= 11 is 0. The molecule has 0 aliphatic heterocycles. The molecule has 0 aliphatic carbocycles. The predicted octanol–water partition coefficient (Wildman–Crippen LogP) is 2.87. The minimum absolute atomic E-state index is 0.0507. The van der Waals surface area contributed by atoms with Crippen molar-refractivity contribution < 1.29 is 14.7 Å². The lowest BCUT2D eigenvalue weighted by atomic mass is 10.0. The van der Waals surface area contributed by atoms with Gasteiger partial charge in [0.1, 0.15) is 6.04 Å². The summed E-state index contributed by atoms with van der Waals surface area (Å²) in [5, 5.41) is 21.8. The first-order chi connectivity index (χ1) is 12.1. The van der Waals surface area contributed by atoms with Crippen LogP contribution in [0.2, 0.25) is 0 Å². The number of hydrogen-bond donors (Lipinski definition) is 2. The molecule has 1 aromatic heterocycles. The van der Waals surface area contributed by atoms with Crippen molar-refractivity contribution >= 4 is 33.7 Å². The number of pyridine rings is 1. The van der Waals surface area contributed by atoms with Crippen molar-refractivity contribution in [2.75, 3.05) is 0 Å². The van der Waals surface area contributed by atoms with Gasteiger partial charge < -0.3 is 10.4 Å². The highest BCUT2D eigenvalue weighted by Crippen LogP contribution is 2.26. The monoisotopic (exact) mass is 333 g/mol. The van der Waals surface area contributed by atoms with Gasteiger partial charge in [-0.1, -0.05) is 36.4 Å². The third-order valence-electron chi connectivity index (χ3n) is 3.96. The molecule has 0 saturated carbocycles. The molecule has 1 amide bonds. The first kappa shape index (κ1) is 16.4. The molecule has 124 valence electrons. The second-order valence-corrected chi connectivity index (χ2v) is 5.58. The maximum Gasteiger partial charge on any atom is 0.326 e. The summed E-state index contributed by atoms with van der Waals surface area (Å²) in [6.45, 7) is 0. The predicted molar refractivity (Wildman–Crippen MR) is 93.0 cm³/mol. The van der Waals surface area contributed by atoms with Crippen molar-refractivity contribution in [3.63, 3.8) is 0 Å². The molecular formula is C19H15N3O3. The highest BCUT2D eigenvalue weighted by molar-refractivity contribution is 6.16. The lowest BCUT2D eigenvalue weighted by molar-refractivity contribution is -0.139. The molecule has 0 spiro atoms. The SMILES string of the molecule is N#CCC[C@@H](NC(=O)c1c2ccccc2nc2ccccc12)C(=O)O. The van der Waals surface area contributed by atoms with E-state index in [1.165, 1.54) is 0 Å². The van der Waals surface area contributed by atoms with Crippen molar-refractivity contribution in [2.24, 2.45) is 0 Å². The number of nitriles is 1. The smallest absolute Gasteiger partial charge is 0.326 e. The van der Waals surface area contributed by atoms with Gasteiger partial charge in [0.25, 0.3) is 5.91 Å². The van der Waals surface area contributed by atoms with E-state index < -0.39 is 17.9 Å². The largest absolute Gasteiger partial charge is 0.480 e. The Labute approximate surface area is 143 Å². The quantitative estimate of drug-likeness (QED) is 0.699. The highest BCUT2D eigenvalue weighted by Gasteiger charge is 2.23. The van der Waals surface area contributed by atoms with E-state index in [1.54, 1.807) is 24.3 Å². The van der Waals surface area contributed by atoms with Crippen molar-refractivity contribution in [3.05, 3.63) is 54.1 Å². The summed E-state index contributed by atoms with van der Waals surface area (Å²) in [6, 6.07) is 15.3. The zero-order valence-electron chi connectivity index (χ0n) is 13.3. The molecule has 0 unspecified atom stereocenters. The van der Waals surface area contributed by atoms with Crippen LogP contribution < -0.4 is 5.32 Å². The van der Waals surface area contributed by atoms with E-state index in [1.807, 2.05) is 30.3 Å². The number of fused-ring (bicyclic) bond motifs is 2.